The third-order valence-corrected chi connectivity index (χ3v) is 5.73. The molecule has 0 aliphatic carbocycles. The van der Waals surface area contributed by atoms with Gasteiger partial charge in [-0.15, -0.1) is 0 Å². The van der Waals surface area contributed by atoms with Crippen LogP contribution in [0.1, 0.15) is 33.4 Å². The lowest BCUT2D eigenvalue weighted by molar-refractivity contribution is -0.182. The van der Waals surface area contributed by atoms with Gasteiger partial charge >= 0.3 is 0 Å². The van der Waals surface area contributed by atoms with Crippen molar-refractivity contribution in [2.75, 3.05) is 18.9 Å². The standard InChI is InChI=1S/C23H27N5O3/c1-21(2,29)12-28-11-17(18-6-8-25-20(24)27-18)16-9-15(26-10-19(16)28)5-7-23(4,30)22(3)13-31-14-22/h6,8-11,29-30H,12-14H2,1-4H3,(H2,24,25,27). The fourth-order valence-electron chi connectivity index (χ4n) is 3.56. The van der Waals surface area contributed by atoms with E-state index in [0.29, 0.717) is 31.1 Å². The van der Waals surface area contributed by atoms with Crippen LogP contribution < -0.4 is 5.73 Å². The van der Waals surface area contributed by atoms with Crippen molar-refractivity contribution in [1.82, 2.24) is 19.5 Å². The van der Waals surface area contributed by atoms with Crippen LogP contribution in [0.5, 0.6) is 0 Å². The summed E-state index contributed by atoms with van der Waals surface area (Å²) in [5.74, 6) is 6.17. The number of nitrogen functional groups attached to an aromatic ring is 1. The number of aliphatic hydroxyl groups is 2. The fraction of sp³-hybridized carbons (Fsp3) is 0.435. The molecule has 1 unspecified atom stereocenters. The molecule has 0 aromatic carbocycles. The van der Waals surface area contributed by atoms with Gasteiger partial charge in [-0.25, -0.2) is 15.0 Å². The maximum absolute atomic E-state index is 10.8. The van der Waals surface area contributed by atoms with Crippen LogP contribution in [0.3, 0.4) is 0 Å². The van der Waals surface area contributed by atoms with Gasteiger partial charge in [0, 0.05) is 23.3 Å². The van der Waals surface area contributed by atoms with Crippen molar-refractivity contribution in [2.45, 2.75) is 45.4 Å². The molecule has 1 fully saturated rings. The molecule has 0 saturated carbocycles. The number of fused-ring (bicyclic) bond motifs is 1. The first kappa shape index (κ1) is 21.2. The molecule has 8 heteroatoms. The third kappa shape index (κ3) is 4.12. The summed E-state index contributed by atoms with van der Waals surface area (Å²) in [4.78, 5) is 12.8. The topological polar surface area (TPSA) is 119 Å². The second-order valence-corrected chi connectivity index (χ2v) is 9.25. The molecule has 0 spiro atoms. The zero-order chi connectivity index (χ0) is 22.4. The van der Waals surface area contributed by atoms with E-state index in [0.717, 1.165) is 16.5 Å². The van der Waals surface area contributed by atoms with Crippen LogP contribution in [0.2, 0.25) is 0 Å². The lowest BCUT2D eigenvalue weighted by atomic mass is 9.73. The molecule has 3 aromatic heterocycles. The van der Waals surface area contributed by atoms with Crippen LogP contribution in [0.4, 0.5) is 5.95 Å². The number of anilines is 1. The molecule has 3 aromatic rings. The molecular formula is C23H27N5O3. The molecule has 4 rings (SSSR count). The van der Waals surface area contributed by atoms with Gasteiger partial charge in [0.25, 0.3) is 0 Å². The molecule has 31 heavy (non-hydrogen) atoms. The Labute approximate surface area is 181 Å². The second-order valence-electron chi connectivity index (χ2n) is 9.25. The van der Waals surface area contributed by atoms with Crippen molar-refractivity contribution in [2.24, 2.45) is 5.41 Å². The van der Waals surface area contributed by atoms with E-state index in [1.54, 1.807) is 39.2 Å². The van der Waals surface area contributed by atoms with E-state index in [1.165, 1.54) is 0 Å². The van der Waals surface area contributed by atoms with Gasteiger partial charge in [-0.3, -0.25) is 0 Å². The zero-order valence-corrected chi connectivity index (χ0v) is 18.2. The largest absolute Gasteiger partial charge is 0.389 e. The van der Waals surface area contributed by atoms with E-state index in [9.17, 15) is 10.2 Å². The molecular weight excluding hydrogens is 394 g/mol. The van der Waals surface area contributed by atoms with E-state index in [1.807, 2.05) is 23.8 Å². The average Bonchev–Trinajstić information content (AvgIpc) is 3.00. The summed E-state index contributed by atoms with van der Waals surface area (Å²) in [6, 6.07) is 3.65. The number of aromatic nitrogens is 4. The molecule has 1 saturated heterocycles. The Balaban J connectivity index is 1.81. The van der Waals surface area contributed by atoms with Gasteiger partial charge < -0.3 is 25.3 Å². The minimum Gasteiger partial charge on any atom is -0.389 e. The number of pyridine rings is 1. The van der Waals surface area contributed by atoms with Crippen molar-refractivity contribution in [3.8, 4) is 23.1 Å². The Bertz CT molecular complexity index is 1190. The van der Waals surface area contributed by atoms with Gasteiger partial charge in [-0.1, -0.05) is 12.8 Å². The number of hydrogen-bond acceptors (Lipinski definition) is 7. The molecule has 1 aliphatic heterocycles. The SMILES string of the molecule is CC(C)(O)Cn1cc(-c2ccnc(N)n2)c2cc(C#CC(C)(O)C3(C)COC3)ncc21. The number of rotatable bonds is 4. The second kappa shape index (κ2) is 7.31. The summed E-state index contributed by atoms with van der Waals surface area (Å²) in [5.41, 5.74) is 6.16. The molecule has 8 nitrogen and oxygen atoms in total. The van der Waals surface area contributed by atoms with Gasteiger partial charge in [-0.05, 0) is 38.8 Å². The third-order valence-electron chi connectivity index (χ3n) is 5.73. The Hall–Kier alpha value is -2.99. The molecule has 1 atom stereocenters. The molecule has 0 bridgehead atoms. The van der Waals surface area contributed by atoms with Gasteiger partial charge in [0.05, 0.1) is 48.2 Å². The smallest absolute Gasteiger partial charge is 0.220 e. The minimum atomic E-state index is -1.20. The normalized spacial score (nSPS) is 17.5. The number of nitrogens with zero attached hydrogens (tertiary/aromatic N) is 4. The monoisotopic (exact) mass is 421 g/mol. The molecule has 0 amide bonds. The van der Waals surface area contributed by atoms with E-state index >= 15 is 0 Å². The van der Waals surface area contributed by atoms with Gasteiger partial charge in [0.1, 0.15) is 11.3 Å². The Morgan fingerprint density at radius 3 is 2.61 bits per heavy atom. The lowest BCUT2D eigenvalue weighted by Crippen LogP contribution is -2.55. The first-order valence-corrected chi connectivity index (χ1v) is 10.1. The minimum absolute atomic E-state index is 0.182. The maximum atomic E-state index is 10.8. The summed E-state index contributed by atoms with van der Waals surface area (Å²) in [7, 11) is 0. The van der Waals surface area contributed by atoms with E-state index in [4.69, 9.17) is 10.5 Å². The van der Waals surface area contributed by atoms with E-state index in [2.05, 4.69) is 26.8 Å². The van der Waals surface area contributed by atoms with E-state index < -0.39 is 16.6 Å². The van der Waals surface area contributed by atoms with Crippen molar-refractivity contribution >= 4 is 16.9 Å². The predicted molar refractivity (Wildman–Crippen MR) is 118 cm³/mol. The van der Waals surface area contributed by atoms with Crippen molar-refractivity contribution < 1.29 is 14.9 Å². The summed E-state index contributed by atoms with van der Waals surface area (Å²) in [6.07, 6.45) is 5.26. The van der Waals surface area contributed by atoms with Crippen molar-refractivity contribution in [3.05, 3.63) is 36.4 Å². The number of nitrogens with two attached hydrogens (primary N) is 1. The lowest BCUT2D eigenvalue weighted by Gasteiger charge is -2.45. The van der Waals surface area contributed by atoms with Crippen LogP contribution in [-0.4, -0.2) is 54.1 Å². The highest BCUT2D eigenvalue weighted by molar-refractivity contribution is 5.95. The van der Waals surface area contributed by atoms with Crippen LogP contribution in [0.15, 0.2) is 30.7 Å². The molecule has 4 N–H and O–H groups in total. The summed E-state index contributed by atoms with van der Waals surface area (Å²) < 4.78 is 7.20. The Kier molecular flexibility index (Phi) is 5.01. The molecule has 1 aliphatic rings. The molecule has 0 radical (unpaired) electrons. The van der Waals surface area contributed by atoms with Crippen LogP contribution >= 0.6 is 0 Å². The number of ether oxygens (including phenoxy) is 1. The Morgan fingerprint density at radius 1 is 1.26 bits per heavy atom. The highest BCUT2D eigenvalue weighted by Gasteiger charge is 2.48. The first-order chi connectivity index (χ1) is 14.5. The average molecular weight is 422 g/mol. The van der Waals surface area contributed by atoms with E-state index in [-0.39, 0.29) is 5.95 Å². The van der Waals surface area contributed by atoms with Gasteiger partial charge in [0.2, 0.25) is 5.95 Å². The van der Waals surface area contributed by atoms with Crippen molar-refractivity contribution in [1.29, 1.82) is 0 Å². The maximum Gasteiger partial charge on any atom is 0.220 e. The summed E-state index contributed by atoms with van der Waals surface area (Å²) in [5, 5.41) is 22.0. The summed E-state index contributed by atoms with van der Waals surface area (Å²) >= 11 is 0. The predicted octanol–water partition coefficient (Wildman–Crippen LogP) is 1.99. The van der Waals surface area contributed by atoms with Gasteiger partial charge in [-0.2, -0.15) is 0 Å². The summed E-state index contributed by atoms with van der Waals surface area (Å²) in [6.45, 7) is 8.49. The Morgan fingerprint density at radius 2 is 2.00 bits per heavy atom. The highest BCUT2D eigenvalue weighted by Crippen LogP contribution is 2.38. The van der Waals surface area contributed by atoms with Crippen LogP contribution in [-0.2, 0) is 11.3 Å². The van der Waals surface area contributed by atoms with Crippen LogP contribution in [0.25, 0.3) is 22.2 Å². The highest BCUT2D eigenvalue weighted by atomic mass is 16.5. The van der Waals surface area contributed by atoms with Crippen molar-refractivity contribution in [3.63, 3.8) is 0 Å². The number of hydrogen-bond donors (Lipinski definition) is 3. The zero-order valence-electron chi connectivity index (χ0n) is 18.2. The first-order valence-electron chi connectivity index (χ1n) is 10.1. The van der Waals surface area contributed by atoms with Crippen LogP contribution in [0, 0.1) is 17.3 Å². The molecule has 4 heterocycles. The quantitative estimate of drug-likeness (QED) is 0.551. The van der Waals surface area contributed by atoms with Gasteiger partial charge in [0.15, 0.2) is 0 Å². The fourth-order valence-corrected chi connectivity index (χ4v) is 3.56. The molecule has 162 valence electrons.